The number of ketones is 1. The summed E-state index contributed by atoms with van der Waals surface area (Å²) < 4.78 is 69.9. The Morgan fingerprint density at radius 3 is 2.55 bits per heavy atom. The van der Waals surface area contributed by atoms with Gasteiger partial charge in [-0.25, -0.2) is 8.78 Å². The quantitative estimate of drug-likeness (QED) is 0.664. The van der Waals surface area contributed by atoms with E-state index in [9.17, 15) is 18.0 Å². The van der Waals surface area contributed by atoms with E-state index < -0.39 is 34.4 Å². The molecule has 0 spiro atoms. The Morgan fingerprint density at radius 2 is 1.90 bits per heavy atom. The molecular formula is C21H15F4NO3. The van der Waals surface area contributed by atoms with Crippen molar-refractivity contribution in [3.63, 3.8) is 0 Å². The lowest BCUT2D eigenvalue weighted by Gasteiger charge is -2.41. The number of methoxy groups -OCH3 is 1. The van der Waals surface area contributed by atoms with Gasteiger partial charge < -0.3 is 9.47 Å². The Balaban J connectivity index is 1.95. The van der Waals surface area contributed by atoms with Gasteiger partial charge in [-0.1, -0.05) is 0 Å². The topological polar surface area (TPSA) is 59.3 Å². The van der Waals surface area contributed by atoms with E-state index in [1.165, 1.54) is 6.07 Å². The summed E-state index contributed by atoms with van der Waals surface area (Å²) in [6.07, 6.45) is -0.463. The van der Waals surface area contributed by atoms with Gasteiger partial charge in [-0.3, -0.25) is 4.79 Å². The number of halogens is 4. The van der Waals surface area contributed by atoms with Crippen LogP contribution in [0.4, 0.5) is 17.6 Å². The van der Waals surface area contributed by atoms with Crippen molar-refractivity contribution >= 4 is 5.78 Å². The van der Waals surface area contributed by atoms with Crippen LogP contribution in [0.2, 0.25) is 0 Å². The first-order chi connectivity index (χ1) is 13.6. The van der Waals surface area contributed by atoms with E-state index in [1.54, 1.807) is 6.07 Å². The minimum Gasteiger partial charge on any atom is -0.456 e. The predicted octanol–water partition coefficient (Wildman–Crippen LogP) is 5.14. The predicted molar refractivity (Wildman–Crippen MR) is 93.3 cm³/mol. The van der Waals surface area contributed by atoms with Crippen molar-refractivity contribution in [1.29, 1.82) is 5.26 Å². The first-order valence-corrected chi connectivity index (χ1v) is 8.80. The van der Waals surface area contributed by atoms with E-state index in [2.05, 4.69) is 0 Å². The van der Waals surface area contributed by atoms with E-state index in [0.29, 0.717) is 0 Å². The standard InChI is InChI=1S/C21H15F4NO3/c1-19(23)20(28-2)6-5-15(27)17-16(4-3-14(18(17)20)21(19,24)25)29-13-8-11(10-26)7-12(22)9-13/h3-4,7-9H,5-6H2,1-2H3. The molecule has 2 aromatic rings. The molecule has 2 aromatic carbocycles. The first-order valence-electron chi connectivity index (χ1n) is 8.80. The summed E-state index contributed by atoms with van der Waals surface area (Å²) in [6.45, 7) is 0.766. The number of rotatable bonds is 3. The number of nitrogens with zero attached hydrogens (tertiary/aromatic N) is 1. The van der Waals surface area contributed by atoms with Crippen molar-refractivity contribution in [1.82, 2.24) is 0 Å². The lowest BCUT2D eigenvalue weighted by molar-refractivity contribution is -0.223. The van der Waals surface area contributed by atoms with Crippen LogP contribution in [-0.2, 0) is 16.3 Å². The van der Waals surface area contributed by atoms with Crippen molar-refractivity contribution in [2.75, 3.05) is 7.11 Å². The Hall–Kier alpha value is -2.92. The number of benzene rings is 2. The molecule has 0 N–H and O–H groups in total. The summed E-state index contributed by atoms with van der Waals surface area (Å²) in [7, 11) is 1.13. The molecule has 4 nitrogen and oxygen atoms in total. The molecule has 0 amide bonds. The van der Waals surface area contributed by atoms with E-state index in [-0.39, 0.29) is 41.0 Å². The number of Topliss-reactive ketones (excluding diaryl/α,β-unsaturated/α-hetero) is 1. The molecule has 29 heavy (non-hydrogen) atoms. The third-order valence-electron chi connectivity index (χ3n) is 5.82. The van der Waals surface area contributed by atoms with Crippen molar-refractivity contribution in [2.45, 2.75) is 37.0 Å². The molecule has 0 saturated heterocycles. The van der Waals surface area contributed by atoms with Gasteiger partial charge in [0.2, 0.25) is 5.67 Å². The smallest absolute Gasteiger partial charge is 0.309 e. The fraction of sp³-hybridized carbons (Fsp3) is 0.333. The highest BCUT2D eigenvalue weighted by molar-refractivity contribution is 6.02. The van der Waals surface area contributed by atoms with Gasteiger partial charge in [0, 0.05) is 30.7 Å². The van der Waals surface area contributed by atoms with Gasteiger partial charge in [-0.05, 0) is 37.6 Å². The van der Waals surface area contributed by atoms with Gasteiger partial charge in [0.15, 0.2) is 5.78 Å². The van der Waals surface area contributed by atoms with Gasteiger partial charge in [0.25, 0.3) is 0 Å². The zero-order valence-corrected chi connectivity index (χ0v) is 15.5. The molecule has 2 atom stereocenters. The van der Waals surface area contributed by atoms with E-state index in [0.717, 1.165) is 38.3 Å². The Labute approximate surface area is 163 Å². The number of hydrogen-bond acceptors (Lipinski definition) is 4. The molecule has 0 aromatic heterocycles. The molecule has 8 heteroatoms. The highest BCUT2D eigenvalue weighted by Crippen LogP contribution is 2.65. The summed E-state index contributed by atoms with van der Waals surface area (Å²) in [4.78, 5) is 12.7. The van der Waals surface area contributed by atoms with Crippen LogP contribution in [0.1, 0.15) is 46.8 Å². The highest BCUT2D eigenvalue weighted by atomic mass is 19.3. The zero-order chi connectivity index (χ0) is 21.2. The maximum Gasteiger partial charge on any atom is 0.309 e. The number of nitriles is 1. The zero-order valence-electron chi connectivity index (χ0n) is 15.5. The first kappa shape index (κ1) is 19.4. The summed E-state index contributed by atoms with van der Waals surface area (Å²) in [5.74, 6) is -5.35. The molecule has 4 rings (SSSR count). The average Bonchev–Trinajstić information content (AvgIpc) is 2.80. The van der Waals surface area contributed by atoms with Crippen molar-refractivity contribution in [3.8, 4) is 17.6 Å². The van der Waals surface area contributed by atoms with Crippen LogP contribution in [0.5, 0.6) is 11.5 Å². The molecule has 2 aliphatic carbocycles. The number of ether oxygens (including phenoxy) is 2. The fourth-order valence-electron chi connectivity index (χ4n) is 4.35. The summed E-state index contributed by atoms with van der Waals surface area (Å²) in [5, 5.41) is 8.98. The lowest BCUT2D eigenvalue weighted by atomic mass is 9.74. The summed E-state index contributed by atoms with van der Waals surface area (Å²) in [6, 6.07) is 7.13. The van der Waals surface area contributed by atoms with Crippen molar-refractivity contribution < 1.29 is 31.8 Å². The van der Waals surface area contributed by atoms with Crippen LogP contribution in [0.15, 0.2) is 30.3 Å². The number of carbonyl (C=O) groups is 1. The van der Waals surface area contributed by atoms with Gasteiger partial charge in [-0.2, -0.15) is 14.0 Å². The summed E-state index contributed by atoms with van der Waals surface area (Å²) in [5.41, 5.74) is -6.20. The number of carbonyl (C=O) groups excluding carboxylic acids is 1. The van der Waals surface area contributed by atoms with Crippen LogP contribution in [0, 0.1) is 17.1 Å². The minimum absolute atomic E-state index is 0.0183. The van der Waals surface area contributed by atoms with Gasteiger partial charge in [-0.15, -0.1) is 0 Å². The molecule has 2 aliphatic rings. The molecule has 0 heterocycles. The molecule has 2 unspecified atom stereocenters. The third-order valence-corrected chi connectivity index (χ3v) is 5.82. The van der Waals surface area contributed by atoms with Gasteiger partial charge >= 0.3 is 5.92 Å². The second-order valence-corrected chi connectivity index (χ2v) is 7.28. The van der Waals surface area contributed by atoms with Crippen LogP contribution in [0.25, 0.3) is 0 Å². The van der Waals surface area contributed by atoms with Gasteiger partial charge in [0.05, 0.1) is 17.2 Å². The maximum atomic E-state index is 15.4. The van der Waals surface area contributed by atoms with Crippen molar-refractivity contribution in [3.05, 3.63) is 58.4 Å². The van der Waals surface area contributed by atoms with Crippen LogP contribution in [-0.4, -0.2) is 18.6 Å². The van der Waals surface area contributed by atoms with E-state index in [4.69, 9.17) is 14.7 Å². The number of hydrogen-bond donors (Lipinski definition) is 0. The average molecular weight is 405 g/mol. The lowest BCUT2D eigenvalue weighted by Crippen LogP contribution is -2.52. The molecule has 0 bridgehead atoms. The monoisotopic (exact) mass is 405 g/mol. The van der Waals surface area contributed by atoms with Crippen molar-refractivity contribution in [2.24, 2.45) is 0 Å². The minimum atomic E-state index is -3.89. The SMILES string of the molecule is COC12CCC(=O)c3c(Oc4cc(F)cc(C#N)c4)ccc(c31)C(F)(F)C2(C)F. The van der Waals surface area contributed by atoms with E-state index in [1.807, 2.05) is 0 Å². The molecule has 0 saturated carbocycles. The van der Waals surface area contributed by atoms with Crippen LogP contribution < -0.4 is 4.74 Å². The second-order valence-electron chi connectivity index (χ2n) is 7.28. The Kier molecular flexibility index (Phi) is 4.04. The van der Waals surface area contributed by atoms with E-state index >= 15 is 4.39 Å². The second kappa shape index (κ2) is 6.04. The molecule has 150 valence electrons. The molecule has 0 fully saturated rings. The molecule has 0 aliphatic heterocycles. The largest absolute Gasteiger partial charge is 0.456 e. The van der Waals surface area contributed by atoms with Gasteiger partial charge in [0.1, 0.15) is 22.9 Å². The molecular weight excluding hydrogens is 390 g/mol. The molecule has 0 radical (unpaired) electrons. The Bertz CT molecular complexity index is 1090. The normalized spacial score (nSPS) is 26.7. The number of alkyl halides is 3. The maximum absolute atomic E-state index is 15.4. The highest BCUT2D eigenvalue weighted by Gasteiger charge is 2.74. The third kappa shape index (κ3) is 2.37. The Morgan fingerprint density at radius 1 is 1.17 bits per heavy atom. The van der Waals surface area contributed by atoms with Crippen LogP contribution >= 0.6 is 0 Å². The fourth-order valence-corrected chi connectivity index (χ4v) is 4.35. The summed E-state index contributed by atoms with van der Waals surface area (Å²) >= 11 is 0. The van der Waals surface area contributed by atoms with Crippen LogP contribution in [0.3, 0.4) is 0 Å².